The van der Waals surface area contributed by atoms with E-state index >= 15 is 0 Å². The number of nitrogens with zero attached hydrogens (tertiary/aromatic N) is 3. The lowest BCUT2D eigenvalue weighted by atomic mass is 9.98. The number of thiazole rings is 1. The summed E-state index contributed by atoms with van der Waals surface area (Å²) < 4.78 is 0. The van der Waals surface area contributed by atoms with E-state index in [2.05, 4.69) is 10.3 Å². The van der Waals surface area contributed by atoms with Gasteiger partial charge in [-0.3, -0.25) is 19.3 Å². The molecular formula is C20H20N4O3S. The van der Waals surface area contributed by atoms with E-state index in [0.29, 0.717) is 35.1 Å². The standard InChI is InChI=1S/C20H20N4O3S/c1-20-9-8-17(26)24(20)15-5-3-2-4-13(15)18(27)23(20)10-16(25)22-19-21-14(11-28-19)12-6-7-12/h2-5,11-12H,6-10H2,1H3,(H,21,22,25). The van der Waals surface area contributed by atoms with Gasteiger partial charge in [0.15, 0.2) is 5.13 Å². The zero-order valence-electron chi connectivity index (χ0n) is 15.5. The zero-order valence-corrected chi connectivity index (χ0v) is 16.3. The number of para-hydroxylation sites is 1. The van der Waals surface area contributed by atoms with E-state index in [1.165, 1.54) is 16.2 Å². The summed E-state index contributed by atoms with van der Waals surface area (Å²) >= 11 is 1.41. The van der Waals surface area contributed by atoms with Crippen LogP contribution in [0.4, 0.5) is 10.8 Å². The van der Waals surface area contributed by atoms with Gasteiger partial charge in [0.25, 0.3) is 5.91 Å². The second-order valence-corrected chi connectivity index (χ2v) is 8.61. The van der Waals surface area contributed by atoms with Crippen molar-refractivity contribution in [3.8, 4) is 0 Å². The molecule has 0 radical (unpaired) electrons. The fourth-order valence-electron chi connectivity index (χ4n) is 4.15. The molecule has 2 fully saturated rings. The summed E-state index contributed by atoms with van der Waals surface area (Å²) in [5, 5.41) is 5.35. The highest BCUT2D eigenvalue weighted by molar-refractivity contribution is 7.13. The maximum absolute atomic E-state index is 13.2. The number of hydrogen-bond acceptors (Lipinski definition) is 5. The van der Waals surface area contributed by atoms with Crippen molar-refractivity contribution in [3.05, 3.63) is 40.9 Å². The largest absolute Gasteiger partial charge is 0.306 e. The minimum atomic E-state index is -0.831. The van der Waals surface area contributed by atoms with Crippen LogP contribution >= 0.6 is 11.3 Å². The van der Waals surface area contributed by atoms with Gasteiger partial charge in [-0.15, -0.1) is 11.3 Å². The number of amides is 3. The van der Waals surface area contributed by atoms with E-state index in [1.807, 2.05) is 18.4 Å². The monoisotopic (exact) mass is 396 g/mol. The van der Waals surface area contributed by atoms with Crippen molar-refractivity contribution in [2.24, 2.45) is 0 Å². The van der Waals surface area contributed by atoms with Crippen molar-refractivity contribution in [1.29, 1.82) is 0 Å². The number of rotatable bonds is 4. The zero-order chi connectivity index (χ0) is 19.5. The lowest BCUT2D eigenvalue weighted by Gasteiger charge is -2.48. The van der Waals surface area contributed by atoms with Crippen molar-refractivity contribution < 1.29 is 14.4 Å². The van der Waals surface area contributed by atoms with E-state index in [0.717, 1.165) is 18.5 Å². The molecule has 1 atom stereocenters. The fourth-order valence-corrected chi connectivity index (χ4v) is 4.96. The molecule has 0 spiro atoms. The van der Waals surface area contributed by atoms with Crippen molar-refractivity contribution >= 4 is 39.9 Å². The first-order valence-corrected chi connectivity index (χ1v) is 10.3. The Morgan fingerprint density at radius 2 is 2.11 bits per heavy atom. The molecule has 2 aliphatic heterocycles. The first-order valence-electron chi connectivity index (χ1n) is 9.47. The molecule has 1 aromatic heterocycles. The summed E-state index contributed by atoms with van der Waals surface area (Å²) in [6, 6.07) is 7.09. The SMILES string of the molecule is CC12CCC(=O)N1c1ccccc1C(=O)N2CC(=O)Nc1nc(C2CC2)cs1. The van der Waals surface area contributed by atoms with Gasteiger partial charge in [-0.2, -0.15) is 0 Å². The summed E-state index contributed by atoms with van der Waals surface area (Å²) in [4.78, 5) is 46.1. The van der Waals surface area contributed by atoms with Crippen molar-refractivity contribution in [2.45, 2.75) is 44.2 Å². The highest BCUT2D eigenvalue weighted by atomic mass is 32.1. The van der Waals surface area contributed by atoms with E-state index in [4.69, 9.17) is 0 Å². The summed E-state index contributed by atoms with van der Waals surface area (Å²) in [7, 11) is 0. The Morgan fingerprint density at radius 1 is 1.32 bits per heavy atom. The van der Waals surface area contributed by atoms with E-state index in [9.17, 15) is 14.4 Å². The molecule has 1 saturated carbocycles. The average Bonchev–Trinajstić information content (AvgIpc) is 3.35. The number of anilines is 2. The normalized spacial score (nSPS) is 23.6. The van der Waals surface area contributed by atoms with Crippen LogP contribution in [-0.4, -0.2) is 39.8 Å². The number of fused-ring (bicyclic) bond motifs is 3. The lowest BCUT2D eigenvalue weighted by molar-refractivity contribution is -0.120. The van der Waals surface area contributed by atoms with E-state index in [-0.39, 0.29) is 24.3 Å². The fraction of sp³-hybridized carbons (Fsp3) is 0.400. The minimum absolute atomic E-state index is 0.0261. The second kappa shape index (κ2) is 6.13. The van der Waals surface area contributed by atoms with Gasteiger partial charge in [-0.25, -0.2) is 4.98 Å². The van der Waals surface area contributed by atoms with Gasteiger partial charge < -0.3 is 10.2 Å². The molecule has 3 amide bonds. The molecule has 1 unspecified atom stereocenters. The highest BCUT2D eigenvalue weighted by Gasteiger charge is 2.53. The second-order valence-electron chi connectivity index (χ2n) is 7.75. The average molecular weight is 396 g/mol. The Labute approximate surface area is 166 Å². The molecule has 1 saturated heterocycles. The van der Waals surface area contributed by atoms with Crippen LogP contribution < -0.4 is 10.2 Å². The van der Waals surface area contributed by atoms with Crippen LogP contribution in [0.1, 0.15) is 54.6 Å². The molecule has 1 aromatic carbocycles. The van der Waals surface area contributed by atoms with Crippen molar-refractivity contribution in [3.63, 3.8) is 0 Å². The van der Waals surface area contributed by atoms with Crippen LogP contribution in [0, 0.1) is 0 Å². The summed E-state index contributed by atoms with van der Waals surface area (Å²) in [6.07, 6.45) is 3.16. The van der Waals surface area contributed by atoms with Gasteiger partial charge in [0, 0.05) is 17.7 Å². The first kappa shape index (κ1) is 17.4. The van der Waals surface area contributed by atoms with Crippen LogP contribution in [0.2, 0.25) is 0 Å². The van der Waals surface area contributed by atoms with Gasteiger partial charge in [0.1, 0.15) is 12.2 Å². The molecule has 8 heteroatoms. The Bertz CT molecular complexity index is 999. The van der Waals surface area contributed by atoms with Crippen molar-refractivity contribution in [1.82, 2.24) is 9.88 Å². The number of nitrogens with one attached hydrogen (secondary N) is 1. The van der Waals surface area contributed by atoms with Crippen LogP contribution in [0.5, 0.6) is 0 Å². The molecule has 2 aromatic rings. The molecule has 0 bridgehead atoms. The third-order valence-electron chi connectivity index (χ3n) is 5.81. The van der Waals surface area contributed by atoms with Crippen LogP contribution in [0.25, 0.3) is 0 Å². The van der Waals surface area contributed by atoms with E-state index < -0.39 is 5.66 Å². The molecule has 1 aliphatic carbocycles. The van der Waals surface area contributed by atoms with Gasteiger partial charge >= 0.3 is 0 Å². The van der Waals surface area contributed by atoms with E-state index in [1.54, 1.807) is 23.1 Å². The number of hydrogen-bond donors (Lipinski definition) is 1. The quantitative estimate of drug-likeness (QED) is 0.861. The molecule has 5 rings (SSSR count). The maximum Gasteiger partial charge on any atom is 0.258 e. The number of benzene rings is 1. The number of carbonyl (C=O) groups is 3. The summed E-state index contributed by atoms with van der Waals surface area (Å²) in [5.41, 5.74) is 1.28. The number of aromatic nitrogens is 1. The molecule has 7 nitrogen and oxygen atoms in total. The molecular weight excluding hydrogens is 376 g/mol. The maximum atomic E-state index is 13.2. The Hall–Kier alpha value is -2.74. The van der Waals surface area contributed by atoms with Crippen LogP contribution in [0.15, 0.2) is 29.6 Å². The van der Waals surface area contributed by atoms with Gasteiger partial charge in [0.05, 0.1) is 16.9 Å². The molecule has 1 N–H and O–H groups in total. The Morgan fingerprint density at radius 3 is 2.89 bits per heavy atom. The summed E-state index contributed by atoms with van der Waals surface area (Å²) in [5.74, 6) is -0.0251. The third-order valence-corrected chi connectivity index (χ3v) is 6.59. The lowest BCUT2D eigenvalue weighted by Crippen LogP contribution is -2.63. The third kappa shape index (κ3) is 2.63. The minimum Gasteiger partial charge on any atom is -0.306 e. The molecule has 3 aliphatic rings. The van der Waals surface area contributed by atoms with Gasteiger partial charge in [-0.1, -0.05) is 12.1 Å². The van der Waals surface area contributed by atoms with Crippen molar-refractivity contribution in [2.75, 3.05) is 16.8 Å². The first-order chi connectivity index (χ1) is 13.5. The highest BCUT2D eigenvalue weighted by Crippen LogP contribution is 2.44. The molecule has 3 heterocycles. The Kier molecular flexibility index (Phi) is 3.80. The topological polar surface area (TPSA) is 82.6 Å². The van der Waals surface area contributed by atoms with Gasteiger partial charge in [0.2, 0.25) is 11.8 Å². The van der Waals surface area contributed by atoms with Crippen LogP contribution in [0.3, 0.4) is 0 Å². The van der Waals surface area contributed by atoms with Gasteiger partial charge in [-0.05, 0) is 38.3 Å². The Balaban J connectivity index is 1.41. The molecule has 28 heavy (non-hydrogen) atoms. The van der Waals surface area contributed by atoms with Crippen LogP contribution in [-0.2, 0) is 9.59 Å². The predicted octanol–water partition coefficient (Wildman–Crippen LogP) is 2.96. The summed E-state index contributed by atoms with van der Waals surface area (Å²) in [6.45, 7) is 1.74. The number of carbonyl (C=O) groups excluding carboxylic acids is 3. The predicted molar refractivity (Wildman–Crippen MR) is 105 cm³/mol. The molecule has 144 valence electrons. The smallest absolute Gasteiger partial charge is 0.258 e.